The molecule has 2 heterocycles. The van der Waals surface area contributed by atoms with Crippen LogP contribution in [0.4, 0.5) is 5.69 Å². The molecule has 2 rings (SSSR count). The van der Waals surface area contributed by atoms with Gasteiger partial charge in [-0.3, -0.25) is 4.79 Å². The van der Waals surface area contributed by atoms with Gasteiger partial charge in [0, 0.05) is 0 Å². The fourth-order valence-electron chi connectivity index (χ4n) is 1.28. The highest BCUT2D eigenvalue weighted by Crippen LogP contribution is 2.23. The van der Waals surface area contributed by atoms with E-state index in [0.717, 1.165) is 0 Å². The number of hydrogen-bond acceptors (Lipinski definition) is 6. The highest BCUT2D eigenvalue weighted by atomic mass is 32.1. The average Bonchev–Trinajstić information content (AvgIpc) is 2.93. The van der Waals surface area contributed by atoms with Gasteiger partial charge in [0.25, 0.3) is 5.91 Å². The van der Waals surface area contributed by atoms with Crippen LogP contribution >= 0.6 is 11.3 Å². The first kappa shape index (κ1) is 12.3. The first-order valence-electron chi connectivity index (χ1n) is 5.04. The van der Waals surface area contributed by atoms with E-state index in [2.05, 4.69) is 15.3 Å². The molecule has 1 N–H and O–H groups in total. The van der Waals surface area contributed by atoms with Crippen LogP contribution in [0.3, 0.4) is 0 Å². The van der Waals surface area contributed by atoms with Gasteiger partial charge in [0.2, 0.25) is 5.88 Å². The van der Waals surface area contributed by atoms with Crippen molar-refractivity contribution in [3.63, 3.8) is 0 Å². The van der Waals surface area contributed by atoms with Crippen molar-refractivity contribution in [2.24, 2.45) is 0 Å². The van der Waals surface area contributed by atoms with Crippen LogP contribution < -0.4 is 14.8 Å². The molecular weight excluding hydrogens is 254 g/mol. The van der Waals surface area contributed by atoms with E-state index in [0.29, 0.717) is 10.6 Å². The molecule has 2 aromatic heterocycles. The number of anilines is 1. The third-order valence-electron chi connectivity index (χ3n) is 2.10. The smallest absolute Gasteiger partial charge is 0.319 e. The maximum Gasteiger partial charge on any atom is 0.319 e. The Labute approximate surface area is 108 Å². The van der Waals surface area contributed by atoms with E-state index < -0.39 is 0 Å². The molecule has 7 heteroatoms. The van der Waals surface area contributed by atoms with E-state index in [-0.39, 0.29) is 17.8 Å². The molecule has 0 saturated carbocycles. The van der Waals surface area contributed by atoms with Crippen LogP contribution in [0.5, 0.6) is 11.9 Å². The van der Waals surface area contributed by atoms with Crippen LogP contribution in [0.2, 0.25) is 0 Å². The van der Waals surface area contributed by atoms with Crippen LogP contribution in [-0.2, 0) is 0 Å². The molecule has 6 nitrogen and oxygen atoms in total. The standard InChI is InChI=1S/C11H11N3O3S/c1-16-10-7(6-12-11(14-10)17-2)13-9(15)8-4-3-5-18-8/h3-6H,1-2H3,(H,13,15). The summed E-state index contributed by atoms with van der Waals surface area (Å²) in [6.45, 7) is 0. The van der Waals surface area contributed by atoms with Crippen LogP contribution in [0.15, 0.2) is 23.7 Å². The number of hydrogen-bond donors (Lipinski definition) is 1. The zero-order valence-electron chi connectivity index (χ0n) is 9.84. The number of amides is 1. The number of nitrogens with zero attached hydrogens (tertiary/aromatic N) is 2. The predicted molar refractivity (Wildman–Crippen MR) is 67.4 cm³/mol. The minimum Gasteiger partial charge on any atom is -0.479 e. The summed E-state index contributed by atoms with van der Waals surface area (Å²) in [6.07, 6.45) is 1.44. The number of rotatable bonds is 4. The quantitative estimate of drug-likeness (QED) is 0.912. The van der Waals surface area contributed by atoms with Crippen LogP contribution in [-0.4, -0.2) is 30.1 Å². The van der Waals surface area contributed by atoms with Gasteiger partial charge in [0.05, 0.1) is 25.3 Å². The first-order valence-corrected chi connectivity index (χ1v) is 5.92. The lowest BCUT2D eigenvalue weighted by molar-refractivity contribution is 0.103. The molecule has 0 spiro atoms. The molecule has 2 aromatic rings. The number of thiophene rings is 1. The zero-order valence-corrected chi connectivity index (χ0v) is 10.7. The van der Waals surface area contributed by atoms with E-state index in [1.54, 1.807) is 12.1 Å². The molecule has 0 aromatic carbocycles. The molecule has 18 heavy (non-hydrogen) atoms. The van der Waals surface area contributed by atoms with Crippen molar-refractivity contribution in [3.05, 3.63) is 28.6 Å². The summed E-state index contributed by atoms with van der Waals surface area (Å²) >= 11 is 1.35. The Morgan fingerprint density at radius 2 is 2.22 bits per heavy atom. The van der Waals surface area contributed by atoms with Gasteiger partial charge in [-0.1, -0.05) is 6.07 Å². The highest BCUT2D eigenvalue weighted by Gasteiger charge is 2.13. The van der Waals surface area contributed by atoms with Crippen LogP contribution in [0, 0.1) is 0 Å². The van der Waals surface area contributed by atoms with Crippen molar-refractivity contribution in [2.75, 3.05) is 19.5 Å². The fourth-order valence-corrected chi connectivity index (χ4v) is 1.90. The van der Waals surface area contributed by atoms with Gasteiger partial charge in [-0.2, -0.15) is 4.98 Å². The van der Waals surface area contributed by atoms with Crippen molar-refractivity contribution in [1.82, 2.24) is 9.97 Å². The van der Waals surface area contributed by atoms with Crippen molar-refractivity contribution >= 4 is 22.9 Å². The number of carbonyl (C=O) groups is 1. The summed E-state index contributed by atoms with van der Waals surface area (Å²) in [5, 5.41) is 4.51. The molecule has 0 aliphatic rings. The SMILES string of the molecule is COc1ncc(NC(=O)c2cccs2)c(OC)n1. The summed E-state index contributed by atoms with van der Waals surface area (Å²) < 4.78 is 9.94. The monoisotopic (exact) mass is 265 g/mol. The maximum absolute atomic E-state index is 11.9. The minimum atomic E-state index is -0.225. The summed E-state index contributed by atoms with van der Waals surface area (Å²) in [5.74, 6) is 0.0313. The topological polar surface area (TPSA) is 73.3 Å². The second kappa shape index (κ2) is 5.46. The summed E-state index contributed by atoms with van der Waals surface area (Å²) in [6, 6.07) is 3.72. The van der Waals surface area contributed by atoms with Crippen molar-refractivity contribution < 1.29 is 14.3 Å². The highest BCUT2D eigenvalue weighted by molar-refractivity contribution is 7.12. The van der Waals surface area contributed by atoms with Gasteiger partial charge >= 0.3 is 6.01 Å². The molecule has 0 aliphatic carbocycles. The molecule has 0 unspecified atom stereocenters. The molecule has 0 radical (unpaired) electrons. The van der Waals surface area contributed by atoms with E-state index >= 15 is 0 Å². The maximum atomic E-state index is 11.9. The summed E-state index contributed by atoms with van der Waals surface area (Å²) in [4.78, 5) is 20.4. The Morgan fingerprint density at radius 3 is 2.83 bits per heavy atom. The van der Waals surface area contributed by atoms with Crippen molar-refractivity contribution in [2.45, 2.75) is 0 Å². The number of ether oxygens (including phenoxy) is 2. The third kappa shape index (κ3) is 2.57. The van der Waals surface area contributed by atoms with E-state index in [1.165, 1.54) is 31.8 Å². The van der Waals surface area contributed by atoms with Gasteiger partial charge < -0.3 is 14.8 Å². The number of nitrogens with one attached hydrogen (secondary N) is 1. The zero-order chi connectivity index (χ0) is 13.0. The van der Waals surface area contributed by atoms with E-state index in [1.807, 2.05) is 5.38 Å². The van der Waals surface area contributed by atoms with Gasteiger partial charge in [-0.15, -0.1) is 11.3 Å². The van der Waals surface area contributed by atoms with Gasteiger partial charge in [0.1, 0.15) is 5.69 Å². The Kier molecular flexibility index (Phi) is 3.73. The molecule has 0 bridgehead atoms. The molecule has 0 atom stereocenters. The second-order valence-electron chi connectivity index (χ2n) is 3.21. The Bertz CT molecular complexity index is 542. The molecule has 1 amide bonds. The normalized spacial score (nSPS) is 9.89. The molecule has 0 fully saturated rings. The summed E-state index contributed by atoms with van der Waals surface area (Å²) in [5.41, 5.74) is 0.400. The van der Waals surface area contributed by atoms with Crippen molar-refractivity contribution in [1.29, 1.82) is 0 Å². The lowest BCUT2D eigenvalue weighted by Gasteiger charge is -2.08. The van der Waals surface area contributed by atoms with E-state index in [4.69, 9.17) is 9.47 Å². The Balaban J connectivity index is 2.21. The third-order valence-corrected chi connectivity index (χ3v) is 2.97. The summed E-state index contributed by atoms with van der Waals surface area (Å²) in [7, 11) is 2.92. The van der Waals surface area contributed by atoms with E-state index in [9.17, 15) is 4.79 Å². The molecule has 0 aliphatic heterocycles. The number of aromatic nitrogens is 2. The van der Waals surface area contributed by atoms with Crippen molar-refractivity contribution in [3.8, 4) is 11.9 Å². The first-order chi connectivity index (χ1) is 8.74. The van der Waals surface area contributed by atoms with Gasteiger partial charge in [-0.25, -0.2) is 4.98 Å². The number of methoxy groups -OCH3 is 2. The average molecular weight is 265 g/mol. The van der Waals surface area contributed by atoms with Gasteiger partial charge in [0.15, 0.2) is 0 Å². The van der Waals surface area contributed by atoms with Gasteiger partial charge in [-0.05, 0) is 11.4 Å². The fraction of sp³-hybridized carbons (Fsp3) is 0.182. The largest absolute Gasteiger partial charge is 0.479 e. The molecular formula is C11H11N3O3S. The minimum absolute atomic E-state index is 0.181. The second-order valence-corrected chi connectivity index (χ2v) is 4.16. The lowest BCUT2D eigenvalue weighted by Crippen LogP contribution is -2.12. The predicted octanol–water partition coefficient (Wildman–Crippen LogP) is 1.81. The Morgan fingerprint density at radius 1 is 1.39 bits per heavy atom. The van der Waals surface area contributed by atoms with Crippen LogP contribution in [0.1, 0.15) is 9.67 Å². The lowest BCUT2D eigenvalue weighted by atomic mass is 10.4. The molecule has 94 valence electrons. The number of carbonyl (C=O) groups excluding carboxylic acids is 1. The Hall–Kier alpha value is -2.15. The van der Waals surface area contributed by atoms with Crippen LogP contribution in [0.25, 0.3) is 0 Å². The molecule has 0 saturated heterocycles.